The molecule has 0 spiro atoms. The molecular formula is C27H35ClN2O4. The molecule has 2 amide bonds. The molecule has 0 radical (unpaired) electrons. The van der Waals surface area contributed by atoms with Gasteiger partial charge >= 0.3 is 0 Å². The van der Waals surface area contributed by atoms with Gasteiger partial charge < -0.3 is 19.7 Å². The van der Waals surface area contributed by atoms with Crippen molar-refractivity contribution in [1.29, 1.82) is 0 Å². The van der Waals surface area contributed by atoms with Crippen molar-refractivity contribution < 1.29 is 19.1 Å². The lowest BCUT2D eigenvalue weighted by Crippen LogP contribution is -2.52. The minimum atomic E-state index is -0.586. The number of methoxy groups -OCH3 is 1. The Hall–Kier alpha value is -2.73. The Bertz CT molecular complexity index is 981. The molecule has 0 bridgehead atoms. The Kier molecular flexibility index (Phi) is 9.22. The van der Waals surface area contributed by atoms with Crippen LogP contribution in [-0.4, -0.2) is 42.5 Å². The number of halogens is 1. The molecule has 2 aromatic carbocycles. The molecule has 1 unspecified atom stereocenters. The molecule has 1 aliphatic carbocycles. The third kappa shape index (κ3) is 6.66. The summed E-state index contributed by atoms with van der Waals surface area (Å²) in [6.45, 7) is 5.85. The summed E-state index contributed by atoms with van der Waals surface area (Å²) in [5, 5.41) is 3.84. The van der Waals surface area contributed by atoms with E-state index in [1.165, 1.54) is 0 Å². The van der Waals surface area contributed by atoms with Gasteiger partial charge in [-0.05, 0) is 74.1 Å². The van der Waals surface area contributed by atoms with Crippen molar-refractivity contribution in [3.05, 3.63) is 58.1 Å². The molecule has 2 aromatic rings. The molecule has 0 heterocycles. The zero-order valence-corrected chi connectivity index (χ0v) is 21.3. The molecule has 34 heavy (non-hydrogen) atoms. The van der Waals surface area contributed by atoms with Crippen molar-refractivity contribution in [2.75, 3.05) is 13.7 Å². The van der Waals surface area contributed by atoms with Gasteiger partial charge in [0.15, 0.2) is 6.61 Å². The Labute approximate surface area is 207 Å². The number of amides is 2. The first-order valence-corrected chi connectivity index (χ1v) is 12.3. The summed E-state index contributed by atoms with van der Waals surface area (Å²) in [6.07, 6.45) is 4.74. The highest BCUT2D eigenvalue weighted by Crippen LogP contribution is 2.26. The van der Waals surface area contributed by atoms with Crippen LogP contribution in [0.2, 0.25) is 5.02 Å². The fourth-order valence-corrected chi connectivity index (χ4v) is 4.58. The number of nitrogens with one attached hydrogen (secondary N) is 1. The highest BCUT2D eigenvalue weighted by molar-refractivity contribution is 6.32. The zero-order chi connectivity index (χ0) is 24.7. The van der Waals surface area contributed by atoms with Crippen LogP contribution in [0.25, 0.3) is 0 Å². The maximum atomic E-state index is 13.4. The first kappa shape index (κ1) is 25.9. The van der Waals surface area contributed by atoms with Gasteiger partial charge in [-0.3, -0.25) is 9.59 Å². The van der Waals surface area contributed by atoms with Crippen molar-refractivity contribution in [1.82, 2.24) is 10.2 Å². The smallest absolute Gasteiger partial charge is 0.261 e. The van der Waals surface area contributed by atoms with E-state index in [2.05, 4.69) is 5.32 Å². The second-order valence-corrected chi connectivity index (χ2v) is 9.32. The molecule has 3 rings (SSSR count). The fourth-order valence-electron chi connectivity index (χ4n) is 4.47. The number of benzene rings is 2. The SMILES string of the molecule is CCC(C(=O)NC1CCCC1)N(Cc1cccc(OC)c1)C(=O)COc1cc(C)c(Cl)c(C)c1. The van der Waals surface area contributed by atoms with Gasteiger partial charge in [-0.25, -0.2) is 0 Å². The normalized spacial score (nSPS) is 14.5. The number of aryl methyl sites for hydroxylation is 2. The summed E-state index contributed by atoms with van der Waals surface area (Å²) in [5.74, 6) is 0.930. The van der Waals surface area contributed by atoms with E-state index in [1.807, 2.05) is 57.2 Å². The molecule has 184 valence electrons. The van der Waals surface area contributed by atoms with Crippen molar-refractivity contribution >= 4 is 23.4 Å². The molecule has 1 aliphatic rings. The van der Waals surface area contributed by atoms with Crippen LogP contribution >= 0.6 is 11.6 Å². The Balaban J connectivity index is 1.79. The van der Waals surface area contributed by atoms with Crippen LogP contribution in [0.3, 0.4) is 0 Å². The summed E-state index contributed by atoms with van der Waals surface area (Å²) < 4.78 is 11.2. The number of nitrogens with zero attached hydrogens (tertiary/aromatic N) is 1. The van der Waals surface area contributed by atoms with Gasteiger partial charge in [0.2, 0.25) is 5.91 Å². The molecule has 0 aliphatic heterocycles. The lowest BCUT2D eigenvalue weighted by Gasteiger charge is -2.31. The van der Waals surface area contributed by atoms with Crippen molar-refractivity contribution in [3.8, 4) is 11.5 Å². The van der Waals surface area contributed by atoms with Crippen LogP contribution in [0.4, 0.5) is 0 Å². The zero-order valence-electron chi connectivity index (χ0n) is 20.5. The second kappa shape index (κ2) is 12.1. The van der Waals surface area contributed by atoms with Crippen LogP contribution in [0, 0.1) is 13.8 Å². The Morgan fingerprint density at radius 2 is 1.79 bits per heavy atom. The van der Waals surface area contributed by atoms with Gasteiger partial charge in [-0.2, -0.15) is 0 Å². The molecule has 6 nitrogen and oxygen atoms in total. The number of rotatable bonds is 10. The van der Waals surface area contributed by atoms with E-state index in [0.717, 1.165) is 42.4 Å². The molecule has 7 heteroatoms. The van der Waals surface area contributed by atoms with E-state index in [9.17, 15) is 9.59 Å². The van der Waals surface area contributed by atoms with Crippen molar-refractivity contribution in [2.24, 2.45) is 0 Å². The lowest BCUT2D eigenvalue weighted by molar-refractivity contribution is -0.143. The number of carbonyl (C=O) groups is 2. The molecule has 0 aromatic heterocycles. The van der Waals surface area contributed by atoms with Crippen LogP contribution < -0.4 is 14.8 Å². The van der Waals surface area contributed by atoms with E-state index in [1.54, 1.807) is 12.0 Å². The van der Waals surface area contributed by atoms with E-state index in [4.69, 9.17) is 21.1 Å². The average molecular weight is 487 g/mol. The number of hydrogen-bond donors (Lipinski definition) is 1. The maximum absolute atomic E-state index is 13.4. The van der Waals surface area contributed by atoms with Gasteiger partial charge in [0.25, 0.3) is 5.91 Å². The van der Waals surface area contributed by atoms with Crippen LogP contribution in [0.5, 0.6) is 11.5 Å². The van der Waals surface area contributed by atoms with Gasteiger partial charge in [-0.15, -0.1) is 0 Å². The quantitative estimate of drug-likeness (QED) is 0.500. The van der Waals surface area contributed by atoms with E-state index >= 15 is 0 Å². The molecule has 1 N–H and O–H groups in total. The van der Waals surface area contributed by atoms with E-state index < -0.39 is 6.04 Å². The number of hydrogen-bond acceptors (Lipinski definition) is 4. The van der Waals surface area contributed by atoms with Crippen LogP contribution in [0.15, 0.2) is 36.4 Å². The van der Waals surface area contributed by atoms with Crippen molar-refractivity contribution in [2.45, 2.75) is 71.5 Å². The fraction of sp³-hybridized carbons (Fsp3) is 0.481. The largest absolute Gasteiger partial charge is 0.497 e. The third-order valence-electron chi connectivity index (χ3n) is 6.35. The molecular weight excluding hydrogens is 452 g/mol. The van der Waals surface area contributed by atoms with Gasteiger partial charge in [0.1, 0.15) is 17.5 Å². The number of ether oxygens (including phenoxy) is 2. The first-order valence-electron chi connectivity index (χ1n) is 11.9. The highest BCUT2D eigenvalue weighted by atomic mass is 35.5. The minimum absolute atomic E-state index is 0.108. The maximum Gasteiger partial charge on any atom is 0.261 e. The van der Waals surface area contributed by atoms with Gasteiger partial charge in [0, 0.05) is 17.6 Å². The summed E-state index contributed by atoms with van der Waals surface area (Å²) in [5.41, 5.74) is 2.66. The van der Waals surface area contributed by atoms with Crippen LogP contribution in [0.1, 0.15) is 55.7 Å². The Morgan fingerprint density at radius 1 is 1.12 bits per heavy atom. The highest BCUT2D eigenvalue weighted by Gasteiger charge is 2.31. The minimum Gasteiger partial charge on any atom is -0.497 e. The van der Waals surface area contributed by atoms with Crippen molar-refractivity contribution in [3.63, 3.8) is 0 Å². The molecule has 1 fully saturated rings. The summed E-state index contributed by atoms with van der Waals surface area (Å²) in [7, 11) is 1.61. The lowest BCUT2D eigenvalue weighted by atomic mass is 10.1. The second-order valence-electron chi connectivity index (χ2n) is 8.95. The van der Waals surface area contributed by atoms with Gasteiger partial charge in [0.05, 0.1) is 7.11 Å². The Morgan fingerprint density at radius 3 is 2.41 bits per heavy atom. The molecule has 1 saturated carbocycles. The predicted octanol–water partition coefficient (Wildman–Crippen LogP) is 5.21. The van der Waals surface area contributed by atoms with E-state index in [-0.39, 0.29) is 31.0 Å². The van der Waals surface area contributed by atoms with Crippen LogP contribution in [-0.2, 0) is 16.1 Å². The standard InChI is InChI=1S/C27H35ClN2O4/c1-5-24(27(32)29-21-10-6-7-11-21)30(16-20-9-8-12-22(15-20)33-4)25(31)17-34-23-13-18(2)26(28)19(3)14-23/h8-9,12-15,21,24H,5-7,10-11,16-17H2,1-4H3,(H,29,32). The molecule has 1 atom stereocenters. The first-order chi connectivity index (χ1) is 16.3. The van der Waals surface area contributed by atoms with E-state index in [0.29, 0.717) is 22.9 Å². The number of carbonyl (C=O) groups excluding carboxylic acids is 2. The average Bonchev–Trinajstić information content (AvgIpc) is 3.33. The summed E-state index contributed by atoms with van der Waals surface area (Å²) in [4.78, 5) is 28.2. The third-order valence-corrected chi connectivity index (χ3v) is 6.94. The summed E-state index contributed by atoms with van der Waals surface area (Å²) in [6, 6.07) is 10.8. The van der Waals surface area contributed by atoms with Gasteiger partial charge in [-0.1, -0.05) is 43.5 Å². The molecule has 0 saturated heterocycles. The predicted molar refractivity (Wildman–Crippen MR) is 134 cm³/mol. The topological polar surface area (TPSA) is 67.9 Å². The monoisotopic (exact) mass is 486 g/mol. The summed E-state index contributed by atoms with van der Waals surface area (Å²) >= 11 is 6.26.